The maximum absolute atomic E-state index is 6.02. The Hall–Kier alpha value is -2.18. The second-order valence-electron chi connectivity index (χ2n) is 6.04. The molecule has 1 saturated heterocycles. The highest BCUT2D eigenvalue weighted by Gasteiger charge is 2.28. The van der Waals surface area contributed by atoms with Gasteiger partial charge in [0, 0.05) is 56.1 Å². The van der Waals surface area contributed by atoms with Crippen LogP contribution in [0.4, 0.5) is 0 Å². The van der Waals surface area contributed by atoms with E-state index < -0.39 is 0 Å². The molecular weight excluding hydrogens is 290 g/mol. The average Bonchev–Trinajstić information content (AvgIpc) is 3.22. The number of aryl methyl sites for hydroxylation is 1. The minimum Gasteiger partial charge on any atom is -0.372 e. The first-order valence-corrected chi connectivity index (χ1v) is 8.06. The molecular formula is C17H21N5O. The van der Waals surface area contributed by atoms with Gasteiger partial charge in [-0.3, -0.25) is 4.68 Å². The molecule has 23 heavy (non-hydrogen) atoms. The van der Waals surface area contributed by atoms with Crippen molar-refractivity contribution >= 4 is 5.65 Å². The van der Waals surface area contributed by atoms with Crippen molar-refractivity contribution in [2.24, 2.45) is 7.05 Å². The van der Waals surface area contributed by atoms with Crippen molar-refractivity contribution in [1.29, 1.82) is 0 Å². The second kappa shape index (κ2) is 6.14. The highest BCUT2D eigenvalue weighted by Crippen LogP contribution is 2.28. The molecule has 0 aromatic carbocycles. The summed E-state index contributed by atoms with van der Waals surface area (Å²) in [7, 11) is 1.94. The van der Waals surface area contributed by atoms with Crippen LogP contribution in [0, 0.1) is 0 Å². The van der Waals surface area contributed by atoms with Crippen molar-refractivity contribution in [3.63, 3.8) is 0 Å². The van der Waals surface area contributed by atoms with Gasteiger partial charge in [0.25, 0.3) is 0 Å². The quantitative estimate of drug-likeness (QED) is 0.801. The molecule has 6 nitrogen and oxygen atoms in total. The van der Waals surface area contributed by atoms with E-state index in [2.05, 4.69) is 31.9 Å². The summed E-state index contributed by atoms with van der Waals surface area (Å²) in [6.07, 6.45) is 10.1. The summed E-state index contributed by atoms with van der Waals surface area (Å²) < 4.78 is 9.97. The number of ether oxygens (including phenoxy) is 1. The minimum absolute atomic E-state index is 0.0689. The number of hydrogen-bond acceptors (Lipinski definition) is 4. The van der Waals surface area contributed by atoms with Crippen LogP contribution in [0.2, 0.25) is 0 Å². The number of rotatable bonds is 4. The fourth-order valence-corrected chi connectivity index (χ4v) is 3.29. The molecule has 120 valence electrons. The van der Waals surface area contributed by atoms with E-state index >= 15 is 0 Å². The predicted molar refractivity (Wildman–Crippen MR) is 87.0 cm³/mol. The van der Waals surface area contributed by atoms with Crippen molar-refractivity contribution in [3.05, 3.63) is 54.2 Å². The summed E-state index contributed by atoms with van der Waals surface area (Å²) in [4.78, 5) is 4.34. The lowest BCUT2D eigenvalue weighted by Crippen LogP contribution is -2.39. The monoisotopic (exact) mass is 311 g/mol. The Morgan fingerprint density at radius 3 is 3.22 bits per heavy atom. The van der Waals surface area contributed by atoms with Crippen LogP contribution in [0.1, 0.15) is 30.2 Å². The molecule has 0 saturated carbocycles. The van der Waals surface area contributed by atoms with E-state index in [4.69, 9.17) is 4.74 Å². The highest BCUT2D eigenvalue weighted by molar-refractivity contribution is 5.39. The first-order chi connectivity index (χ1) is 11.3. The Morgan fingerprint density at radius 2 is 2.35 bits per heavy atom. The van der Waals surface area contributed by atoms with E-state index in [1.54, 1.807) is 0 Å². The number of hydrogen-bond donors (Lipinski definition) is 1. The lowest BCUT2D eigenvalue weighted by Gasteiger charge is -2.32. The number of nitrogens with one attached hydrogen (secondary N) is 1. The fourth-order valence-electron chi connectivity index (χ4n) is 3.29. The molecule has 1 fully saturated rings. The van der Waals surface area contributed by atoms with Gasteiger partial charge in [-0.15, -0.1) is 0 Å². The van der Waals surface area contributed by atoms with Gasteiger partial charge >= 0.3 is 0 Å². The molecule has 4 rings (SSSR count). The lowest BCUT2D eigenvalue weighted by atomic mass is 9.98. The average molecular weight is 311 g/mol. The van der Waals surface area contributed by atoms with E-state index in [-0.39, 0.29) is 6.10 Å². The Bertz CT molecular complexity index is 793. The molecule has 0 spiro atoms. The van der Waals surface area contributed by atoms with Crippen molar-refractivity contribution in [3.8, 4) is 0 Å². The van der Waals surface area contributed by atoms with Crippen molar-refractivity contribution in [2.45, 2.75) is 31.5 Å². The molecule has 2 atom stereocenters. The summed E-state index contributed by atoms with van der Waals surface area (Å²) in [5.74, 6) is 0. The third-order valence-corrected chi connectivity index (χ3v) is 4.43. The van der Waals surface area contributed by atoms with Crippen LogP contribution in [0.5, 0.6) is 0 Å². The van der Waals surface area contributed by atoms with Crippen LogP contribution in [0.15, 0.2) is 43.0 Å². The molecule has 0 unspecified atom stereocenters. The SMILES string of the molecule is Cn1cc([C@H]2OCCC[C@@H]2NCc2cccc3nccn23)cn1. The topological polar surface area (TPSA) is 56.4 Å². The number of imidazole rings is 1. The van der Waals surface area contributed by atoms with Crippen molar-refractivity contribution < 1.29 is 4.74 Å². The number of pyridine rings is 1. The van der Waals surface area contributed by atoms with Gasteiger partial charge in [0.1, 0.15) is 11.8 Å². The van der Waals surface area contributed by atoms with Crippen molar-refractivity contribution in [1.82, 2.24) is 24.5 Å². The number of aromatic nitrogens is 4. The van der Waals surface area contributed by atoms with Crippen molar-refractivity contribution in [2.75, 3.05) is 6.61 Å². The molecule has 1 N–H and O–H groups in total. The van der Waals surface area contributed by atoms with Crippen LogP contribution in [0.25, 0.3) is 5.65 Å². The summed E-state index contributed by atoms with van der Waals surface area (Å²) in [5, 5.41) is 7.94. The molecule has 0 bridgehead atoms. The van der Waals surface area contributed by atoms with Gasteiger partial charge in [-0.1, -0.05) is 6.07 Å². The zero-order valence-corrected chi connectivity index (χ0v) is 13.2. The Balaban J connectivity index is 1.51. The van der Waals surface area contributed by atoms with E-state index in [0.29, 0.717) is 6.04 Å². The van der Waals surface area contributed by atoms with E-state index in [1.807, 2.05) is 42.6 Å². The third kappa shape index (κ3) is 2.87. The molecule has 6 heteroatoms. The van der Waals surface area contributed by atoms with Crippen LogP contribution in [-0.2, 0) is 18.3 Å². The Kier molecular flexibility index (Phi) is 3.85. The molecule has 1 aliphatic heterocycles. The van der Waals surface area contributed by atoms with Crippen LogP contribution < -0.4 is 5.32 Å². The van der Waals surface area contributed by atoms with Gasteiger partial charge < -0.3 is 14.5 Å². The maximum Gasteiger partial charge on any atom is 0.136 e. The first kappa shape index (κ1) is 14.4. The normalized spacial score (nSPS) is 21.8. The summed E-state index contributed by atoms with van der Waals surface area (Å²) in [5.41, 5.74) is 3.33. The van der Waals surface area contributed by atoms with Gasteiger partial charge in [0.2, 0.25) is 0 Å². The maximum atomic E-state index is 6.02. The van der Waals surface area contributed by atoms with Gasteiger partial charge in [-0.2, -0.15) is 5.10 Å². The Labute approximate surface area is 135 Å². The molecule has 0 aliphatic carbocycles. The van der Waals surface area contributed by atoms with Gasteiger partial charge in [0.05, 0.1) is 6.20 Å². The van der Waals surface area contributed by atoms with E-state index in [1.165, 1.54) is 5.69 Å². The molecule has 1 aliphatic rings. The third-order valence-electron chi connectivity index (χ3n) is 4.43. The summed E-state index contributed by atoms with van der Waals surface area (Å²) in [6.45, 7) is 1.60. The Morgan fingerprint density at radius 1 is 1.39 bits per heavy atom. The van der Waals surface area contributed by atoms with E-state index in [0.717, 1.165) is 37.2 Å². The van der Waals surface area contributed by atoms with Gasteiger partial charge in [0.15, 0.2) is 0 Å². The highest BCUT2D eigenvalue weighted by atomic mass is 16.5. The summed E-state index contributed by atoms with van der Waals surface area (Å²) >= 11 is 0. The lowest BCUT2D eigenvalue weighted by molar-refractivity contribution is -0.0113. The zero-order chi connectivity index (χ0) is 15.6. The standard InChI is InChI=1S/C17H21N5O/c1-21-12-13(10-20-21)17-15(5-3-9-23-17)19-11-14-4-2-6-16-18-7-8-22(14)16/h2,4,6-8,10,12,15,17,19H,3,5,9,11H2,1H3/t15-,17+/m0/s1. The fraction of sp³-hybridized carbons (Fsp3) is 0.412. The second-order valence-corrected chi connectivity index (χ2v) is 6.04. The first-order valence-electron chi connectivity index (χ1n) is 8.06. The number of nitrogens with zero attached hydrogens (tertiary/aromatic N) is 4. The molecule has 3 aromatic rings. The van der Waals surface area contributed by atoms with E-state index in [9.17, 15) is 0 Å². The van der Waals surface area contributed by atoms with Crippen LogP contribution >= 0.6 is 0 Å². The summed E-state index contributed by atoms with van der Waals surface area (Å²) in [6, 6.07) is 6.50. The minimum atomic E-state index is 0.0689. The van der Waals surface area contributed by atoms with Crippen LogP contribution in [-0.4, -0.2) is 31.8 Å². The molecule has 3 aromatic heterocycles. The van der Waals surface area contributed by atoms with Gasteiger partial charge in [-0.25, -0.2) is 4.98 Å². The predicted octanol–water partition coefficient (Wildman–Crippen LogP) is 2.08. The zero-order valence-electron chi connectivity index (χ0n) is 13.2. The molecule has 0 radical (unpaired) electrons. The smallest absolute Gasteiger partial charge is 0.136 e. The van der Waals surface area contributed by atoms with Crippen LogP contribution in [0.3, 0.4) is 0 Å². The van der Waals surface area contributed by atoms with Gasteiger partial charge in [-0.05, 0) is 25.0 Å². The molecule has 0 amide bonds. The number of fused-ring (bicyclic) bond motifs is 1. The largest absolute Gasteiger partial charge is 0.372 e. The molecule has 4 heterocycles.